The predicted octanol–water partition coefficient (Wildman–Crippen LogP) is 3.31. The van der Waals surface area contributed by atoms with Crippen molar-refractivity contribution in [1.82, 2.24) is 10.2 Å². The first kappa shape index (κ1) is 58.6. The molecule has 0 saturated carbocycles. The second kappa shape index (κ2) is 24.4. The van der Waals surface area contributed by atoms with Gasteiger partial charge in [0.2, 0.25) is 11.6 Å². The van der Waals surface area contributed by atoms with E-state index in [1.807, 2.05) is 0 Å². The van der Waals surface area contributed by atoms with Gasteiger partial charge in [-0.1, -0.05) is 38.2 Å². The zero-order valence-electron chi connectivity index (χ0n) is 40.7. The number of hydrogen-bond acceptors (Lipinski definition) is 15. The normalized spacial score (nSPS) is 17.5. The van der Waals surface area contributed by atoms with Crippen LogP contribution < -0.4 is 10.2 Å². The van der Waals surface area contributed by atoms with Crippen LogP contribution in [-0.4, -0.2) is 162 Å². The summed E-state index contributed by atoms with van der Waals surface area (Å²) in [4.78, 5) is 38.2. The van der Waals surface area contributed by atoms with Gasteiger partial charge in [-0.15, -0.1) is 0 Å². The zero-order chi connectivity index (χ0) is 54.0. The van der Waals surface area contributed by atoms with E-state index in [0.717, 1.165) is 4.90 Å². The fourth-order valence-electron chi connectivity index (χ4n) is 8.37. The van der Waals surface area contributed by atoms with Gasteiger partial charge in [-0.25, -0.2) is 0 Å². The Hall–Kier alpha value is -5.26. The largest absolute Gasteiger partial charge is 0.379 e. The van der Waals surface area contributed by atoms with E-state index in [0.29, 0.717) is 72.3 Å². The fourth-order valence-corrected chi connectivity index (χ4v) is 10.2. The highest BCUT2D eigenvalue weighted by Crippen LogP contribution is 2.48. The maximum absolute atomic E-state index is 13.1. The van der Waals surface area contributed by atoms with Crippen LogP contribution in [0, 0.1) is 0 Å². The number of benzene rings is 2. The van der Waals surface area contributed by atoms with Crippen molar-refractivity contribution in [2.75, 3.05) is 82.2 Å². The van der Waals surface area contributed by atoms with Crippen LogP contribution in [0.3, 0.4) is 0 Å². The Bertz CT molecular complexity index is 3070. The molecule has 3 aliphatic heterocycles. The lowest BCUT2D eigenvalue weighted by molar-refractivity contribution is -0.432. The van der Waals surface area contributed by atoms with Crippen molar-refractivity contribution < 1.29 is 85.1 Å². The van der Waals surface area contributed by atoms with Crippen LogP contribution in [0.4, 0.5) is 11.4 Å². The maximum atomic E-state index is 13.1. The van der Waals surface area contributed by atoms with E-state index >= 15 is 0 Å². The molecule has 0 bridgehead atoms. The number of carbonyl (C=O) groups excluding carboxylic acids is 3. The number of imide groups is 1. The summed E-state index contributed by atoms with van der Waals surface area (Å²) in [6.45, 7) is 8.73. The van der Waals surface area contributed by atoms with Crippen molar-refractivity contribution in [3.8, 4) is 0 Å². The Morgan fingerprint density at radius 2 is 1.26 bits per heavy atom. The van der Waals surface area contributed by atoms with E-state index < -0.39 is 62.8 Å². The van der Waals surface area contributed by atoms with Crippen LogP contribution in [0.1, 0.15) is 58.1 Å². The molecule has 0 radical (unpaired) electrons. The van der Waals surface area contributed by atoms with Gasteiger partial charge in [0.05, 0.1) is 60.5 Å². The number of nitrogens with one attached hydrogen (secondary N) is 1. The first-order chi connectivity index (χ1) is 34.0. The number of fused-ring (bicyclic) bond motifs is 2. The number of rotatable bonds is 28. The van der Waals surface area contributed by atoms with Crippen LogP contribution in [0.15, 0.2) is 106 Å². The SMILES string of the molecule is CC1(C)C(/C=C/C=C(/C=C/C=C2/N(CCS(=O)(=O)O)c3ccc(S(=O)(=O)O)cc3C2(C)C)CCC(=O)NCCCOCCOCCOCCN2C(=O)C=CC2=O)=[N+](CCS(=O)(=O)O)c2ccc(S(=O)(=O)O)cc21. The molecule has 0 spiro atoms. The summed E-state index contributed by atoms with van der Waals surface area (Å²) in [6, 6.07) is 7.81. The summed E-state index contributed by atoms with van der Waals surface area (Å²) in [5.74, 6) is -2.38. The summed E-state index contributed by atoms with van der Waals surface area (Å²) in [6.07, 6.45) is 13.1. The summed E-state index contributed by atoms with van der Waals surface area (Å²) in [5.41, 5.74) is 1.47. The Morgan fingerprint density at radius 1 is 0.685 bits per heavy atom. The molecule has 26 heteroatoms. The quantitative estimate of drug-likeness (QED) is 0.0268. The van der Waals surface area contributed by atoms with Gasteiger partial charge < -0.3 is 24.4 Å². The van der Waals surface area contributed by atoms with Crippen molar-refractivity contribution >= 4 is 75.3 Å². The van der Waals surface area contributed by atoms with Gasteiger partial charge in [0.15, 0.2) is 12.3 Å². The molecule has 3 heterocycles. The summed E-state index contributed by atoms with van der Waals surface area (Å²) < 4.78 is 153. The standard InChI is InChI=1S/C47H60N4O18S4/c1-46(2)37-32-35(72(61,62)63)13-15-39(37)49(22-30-70(55,56)57)41(46)10-5-8-34(12-17-43(52)48-20-7-24-67-26-28-69-29-27-68-25-21-51-44(53)18-19-45(51)54)9-6-11-42-47(3,4)38-33-36(73(64,65)66)14-16-40(38)50(42)23-31-71(58,59)60/h5-6,8-11,13-16,18-19,32-33H,7,12,17,20-31H2,1-4H3,(H4-,48,52,55,56,57,58,59,60,61,62,63,64,65,66)/p+1. The van der Waals surface area contributed by atoms with Gasteiger partial charge >= 0.3 is 0 Å². The van der Waals surface area contributed by atoms with Gasteiger partial charge in [0, 0.05) is 72.8 Å². The minimum Gasteiger partial charge on any atom is -0.379 e. The minimum atomic E-state index is -4.61. The molecule has 0 atom stereocenters. The highest BCUT2D eigenvalue weighted by Gasteiger charge is 2.45. The third-order valence-electron chi connectivity index (χ3n) is 12.1. The maximum Gasteiger partial charge on any atom is 0.294 e. The molecule has 0 unspecified atom stereocenters. The summed E-state index contributed by atoms with van der Waals surface area (Å²) in [5, 5.41) is 2.86. The Labute approximate surface area is 425 Å². The Kier molecular flexibility index (Phi) is 19.6. The van der Waals surface area contributed by atoms with E-state index in [4.69, 9.17) is 14.2 Å². The van der Waals surface area contributed by atoms with E-state index in [9.17, 15) is 66.3 Å². The molecule has 400 valence electrons. The van der Waals surface area contributed by atoms with E-state index in [1.165, 1.54) is 48.6 Å². The van der Waals surface area contributed by atoms with E-state index in [-0.39, 0.29) is 79.8 Å². The molecule has 3 amide bonds. The predicted molar refractivity (Wildman–Crippen MR) is 268 cm³/mol. The van der Waals surface area contributed by atoms with Crippen molar-refractivity contribution in [3.63, 3.8) is 0 Å². The Morgan fingerprint density at radius 3 is 1.86 bits per heavy atom. The molecule has 22 nitrogen and oxygen atoms in total. The number of amides is 3. The average Bonchev–Trinajstić information content (AvgIpc) is 3.81. The molecule has 0 fully saturated rings. The summed E-state index contributed by atoms with van der Waals surface area (Å²) in [7, 11) is -18.1. The topological polar surface area (TPSA) is 318 Å². The molecular formula is C47H61N4O18S4+. The Balaban J connectivity index is 1.30. The molecule has 5 N–H and O–H groups in total. The van der Waals surface area contributed by atoms with Crippen LogP contribution >= 0.6 is 0 Å². The molecule has 73 heavy (non-hydrogen) atoms. The average molecular weight is 1100 g/mol. The van der Waals surface area contributed by atoms with E-state index in [1.54, 1.807) is 73.6 Å². The second-order valence-electron chi connectivity index (χ2n) is 18.0. The lowest BCUT2D eigenvalue weighted by Crippen LogP contribution is -2.33. The second-order valence-corrected chi connectivity index (χ2v) is 24.0. The van der Waals surface area contributed by atoms with Crippen LogP contribution in [0.25, 0.3) is 0 Å². The number of anilines is 1. The number of hydrogen-bond donors (Lipinski definition) is 5. The van der Waals surface area contributed by atoms with Gasteiger partial charge in [0.25, 0.3) is 52.3 Å². The first-order valence-electron chi connectivity index (χ1n) is 22.9. The number of carbonyl (C=O) groups is 3. The molecule has 0 saturated heterocycles. The molecule has 2 aromatic carbocycles. The van der Waals surface area contributed by atoms with Crippen molar-refractivity contribution in [3.05, 3.63) is 107 Å². The zero-order valence-corrected chi connectivity index (χ0v) is 43.9. The van der Waals surface area contributed by atoms with Crippen LogP contribution in [0.2, 0.25) is 0 Å². The smallest absolute Gasteiger partial charge is 0.294 e. The molecule has 2 aromatic rings. The van der Waals surface area contributed by atoms with Crippen molar-refractivity contribution in [2.45, 2.75) is 67.6 Å². The van der Waals surface area contributed by atoms with Crippen molar-refractivity contribution in [2.24, 2.45) is 0 Å². The third-order valence-corrected chi connectivity index (χ3v) is 15.2. The third kappa shape index (κ3) is 16.4. The highest BCUT2D eigenvalue weighted by atomic mass is 32.2. The van der Waals surface area contributed by atoms with Gasteiger partial charge in [-0.05, 0) is 74.2 Å². The number of nitrogens with zero attached hydrogens (tertiary/aromatic N) is 3. The van der Waals surface area contributed by atoms with Gasteiger partial charge in [-0.2, -0.15) is 38.2 Å². The van der Waals surface area contributed by atoms with Crippen LogP contribution in [-0.2, 0) is 79.9 Å². The molecular weight excluding hydrogens is 1040 g/mol. The van der Waals surface area contributed by atoms with Gasteiger partial charge in [0.1, 0.15) is 5.75 Å². The van der Waals surface area contributed by atoms with Gasteiger partial charge in [-0.3, -0.25) is 37.5 Å². The highest BCUT2D eigenvalue weighted by molar-refractivity contribution is 7.86. The molecule has 3 aliphatic rings. The molecule has 0 aliphatic carbocycles. The lowest BCUT2D eigenvalue weighted by Gasteiger charge is -2.26. The number of ether oxygens (including phenoxy) is 3. The lowest BCUT2D eigenvalue weighted by atomic mass is 9.81. The van der Waals surface area contributed by atoms with Crippen LogP contribution in [0.5, 0.6) is 0 Å². The minimum absolute atomic E-state index is 0.0150. The monoisotopic (exact) mass is 1100 g/mol. The number of allylic oxidation sites excluding steroid dienone is 8. The van der Waals surface area contributed by atoms with Crippen molar-refractivity contribution in [1.29, 1.82) is 0 Å². The molecule has 0 aromatic heterocycles. The first-order valence-corrected chi connectivity index (χ1v) is 29.0. The van der Waals surface area contributed by atoms with E-state index in [2.05, 4.69) is 5.32 Å². The fraction of sp³-hybridized carbons (Fsp3) is 0.447. The molecule has 5 rings (SSSR count). The summed E-state index contributed by atoms with van der Waals surface area (Å²) >= 11 is 0.